The highest BCUT2D eigenvalue weighted by Crippen LogP contribution is 2.28. The van der Waals surface area contributed by atoms with Crippen molar-refractivity contribution in [2.75, 3.05) is 13.1 Å². The zero-order chi connectivity index (χ0) is 18.1. The minimum atomic E-state index is -0.203. The molecule has 0 bridgehead atoms. The van der Waals surface area contributed by atoms with Gasteiger partial charge in [-0.25, -0.2) is 0 Å². The van der Waals surface area contributed by atoms with Crippen LogP contribution in [0.15, 0.2) is 6.20 Å². The van der Waals surface area contributed by atoms with Gasteiger partial charge in [0.05, 0.1) is 12.1 Å². The van der Waals surface area contributed by atoms with Crippen molar-refractivity contribution in [2.24, 2.45) is 11.8 Å². The summed E-state index contributed by atoms with van der Waals surface area (Å²) >= 11 is 0. The van der Waals surface area contributed by atoms with Gasteiger partial charge < -0.3 is 10.6 Å². The lowest BCUT2D eigenvalue weighted by Crippen LogP contribution is -2.37. The molecule has 1 aliphatic carbocycles. The summed E-state index contributed by atoms with van der Waals surface area (Å²) in [6.45, 7) is 4.91. The Morgan fingerprint density at radius 3 is 2.76 bits per heavy atom. The molecular formula is C19H32N4O2. The standard InChI is InChI=1S/C19H32N4O2/c1-14(12-21-18(24)10-9-16-6-3-4-7-16)19(25)20-11-5-8-17-13-22-23-15(17)2/h13-14,16H,3-12H2,1-2H3,(H,20,25)(H,21,24)(H,22,23)/t14-/m1/s1. The van der Waals surface area contributed by atoms with E-state index in [1.165, 1.54) is 31.2 Å². The van der Waals surface area contributed by atoms with Gasteiger partial charge in [-0.3, -0.25) is 14.7 Å². The van der Waals surface area contributed by atoms with Crippen LogP contribution in [0, 0.1) is 18.8 Å². The topological polar surface area (TPSA) is 86.9 Å². The fourth-order valence-electron chi connectivity index (χ4n) is 3.37. The van der Waals surface area contributed by atoms with Gasteiger partial charge >= 0.3 is 0 Å². The molecule has 1 heterocycles. The molecule has 1 aliphatic rings. The molecule has 140 valence electrons. The zero-order valence-corrected chi connectivity index (χ0v) is 15.6. The quantitative estimate of drug-likeness (QED) is 0.568. The van der Waals surface area contributed by atoms with Gasteiger partial charge in [0.25, 0.3) is 0 Å². The molecule has 0 spiro atoms. The molecule has 3 N–H and O–H groups in total. The number of rotatable bonds is 10. The van der Waals surface area contributed by atoms with Crippen LogP contribution in [0.2, 0.25) is 0 Å². The smallest absolute Gasteiger partial charge is 0.224 e. The van der Waals surface area contributed by atoms with E-state index in [4.69, 9.17) is 0 Å². The maximum absolute atomic E-state index is 12.1. The van der Waals surface area contributed by atoms with Crippen LogP contribution in [0.25, 0.3) is 0 Å². The lowest BCUT2D eigenvalue weighted by Gasteiger charge is -2.14. The monoisotopic (exact) mass is 348 g/mol. The van der Waals surface area contributed by atoms with Gasteiger partial charge in [-0.2, -0.15) is 5.10 Å². The number of aromatic nitrogens is 2. The number of nitrogens with zero attached hydrogens (tertiary/aromatic N) is 1. The number of aromatic amines is 1. The van der Waals surface area contributed by atoms with Gasteiger partial charge in [-0.1, -0.05) is 32.6 Å². The predicted molar refractivity (Wildman–Crippen MR) is 98.0 cm³/mol. The largest absolute Gasteiger partial charge is 0.356 e. The molecule has 1 atom stereocenters. The highest BCUT2D eigenvalue weighted by Gasteiger charge is 2.17. The molecule has 1 fully saturated rings. The lowest BCUT2D eigenvalue weighted by molar-refractivity contribution is -0.125. The molecular weight excluding hydrogens is 316 g/mol. The number of hydrogen-bond donors (Lipinski definition) is 3. The lowest BCUT2D eigenvalue weighted by atomic mass is 10.0. The Morgan fingerprint density at radius 2 is 2.08 bits per heavy atom. The molecule has 6 heteroatoms. The van der Waals surface area contributed by atoms with Gasteiger partial charge in [0.2, 0.25) is 11.8 Å². The van der Waals surface area contributed by atoms with E-state index in [0.717, 1.165) is 30.9 Å². The van der Waals surface area contributed by atoms with Gasteiger partial charge in [-0.05, 0) is 37.7 Å². The van der Waals surface area contributed by atoms with Gasteiger partial charge in [0.1, 0.15) is 0 Å². The van der Waals surface area contributed by atoms with E-state index in [9.17, 15) is 9.59 Å². The van der Waals surface area contributed by atoms with Gasteiger partial charge in [0.15, 0.2) is 0 Å². The third-order valence-corrected chi connectivity index (χ3v) is 5.16. The molecule has 1 aromatic rings. The fraction of sp³-hybridized carbons (Fsp3) is 0.737. The van der Waals surface area contributed by atoms with Crippen LogP contribution in [0.4, 0.5) is 0 Å². The summed E-state index contributed by atoms with van der Waals surface area (Å²) in [6.07, 6.45) is 10.3. The molecule has 2 amide bonds. The highest BCUT2D eigenvalue weighted by molar-refractivity contribution is 5.80. The number of amides is 2. The van der Waals surface area contributed by atoms with Crippen LogP contribution in [0.1, 0.15) is 63.1 Å². The number of nitrogens with one attached hydrogen (secondary N) is 3. The molecule has 6 nitrogen and oxygen atoms in total. The Balaban J connectivity index is 1.53. The fourth-order valence-corrected chi connectivity index (χ4v) is 3.37. The van der Waals surface area contributed by atoms with Crippen molar-refractivity contribution in [3.63, 3.8) is 0 Å². The Labute approximate surface area is 150 Å². The summed E-state index contributed by atoms with van der Waals surface area (Å²) in [4.78, 5) is 24.0. The summed E-state index contributed by atoms with van der Waals surface area (Å²) in [5, 5.41) is 12.7. The first kappa shape index (κ1) is 19.5. The summed E-state index contributed by atoms with van der Waals surface area (Å²) in [6, 6.07) is 0. The van der Waals surface area contributed by atoms with Crippen molar-refractivity contribution in [1.29, 1.82) is 0 Å². The van der Waals surface area contributed by atoms with Crippen molar-refractivity contribution in [1.82, 2.24) is 20.8 Å². The second kappa shape index (κ2) is 10.2. The van der Waals surface area contributed by atoms with E-state index >= 15 is 0 Å². The molecule has 25 heavy (non-hydrogen) atoms. The Kier molecular flexibility index (Phi) is 7.95. The first-order valence-electron chi connectivity index (χ1n) is 9.59. The van der Waals surface area contributed by atoms with E-state index in [1.807, 2.05) is 20.0 Å². The average molecular weight is 348 g/mol. The Hall–Kier alpha value is -1.85. The molecule has 0 radical (unpaired) electrons. The van der Waals surface area contributed by atoms with Gasteiger partial charge in [-0.15, -0.1) is 0 Å². The second-order valence-corrected chi connectivity index (χ2v) is 7.31. The van der Waals surface area contributed by atoms with E-state index in [-0.39, 0.29) is 17.7 Å². The van der Waals surface area contributed by atoms with Crippen LogP contribution in [0.3, 0.4) is 0 Å². The second-order valence-electron chi connectivity index (χ2n) is 7.31. The minimum absolute atomic E-state index is 0.00000785. The maximum Gasteiger partial charge on any atom is 0.224 e. The number of aryl methyl sites for hydroxylation is 2. The van der Waals surface area contributed by atoms with Crippen LogP contribution in [-0.2, 0) is 16.0 Å². The van der Waals surface area contributed by atoms with E-state index in [1.54, 1.807) is 0 Å². The maximum atomic E-state index is 12.1. The van der Waals surface area contributed by atoms with Crippen LogP contribution in [-0.4, -0.2) is 35.1 Å². The summed E-state index contributed by atoms with van der Waals surface area (Å²) in [5.41, 5.74) is 2.27. The number of H-pyrrole nitrogens is 1. The first-order valence-corrected chi connectivity index (χ1v) is 9.59. The first-order chi connectivity index (χ1) is 12.1. The van der Waals surface area contributed by atoms with Crippen LogP contribution in [0.5, 0.6) is 0 Å². The normalized spacial score (nSPS) is 15.9. The summed E-state index contributed by atoms with van der Waals surface area (Å²) < 4.78 is 0. The third-order valence-electron chi connectivity index (χ3n) is 5.16. The highest BCUT2D eigenvalue weighted by atomic mass is 16.2. The SMILES string of the molecule is Cc1[nH]ncc1CCCNC(=O)[C@H](C)CNC(=O)CCC1CCCC1. The summed E-state index contributed by atoms with van der Waals surface area (Å²) in [7, 11) is 0. The van der Waals surface area contributed by atoms with E-state index < -0.39 is 0 Å². The molecule has 0 saturated heterocycles. The van der Waals surface area contributed by atoms with Crippen LogP contribution >= 0.6 is 0 Å². The minimum Gasteiger partial charge on any atom is -0.356 e. The molecule has 1 saturated carbocycles. The zero-order valence-electron chi connectivity index (χ0n) is 15.6. The van der Waals surface area contributed by atoms with E-state index in [0.29, 0.717) is 19.5 Å². The Morgan fingerprint density at radius 1 is 1.32 bits per heavy atom. The van der Waals surface area contributed by atoms with Crippen LogP contribution < -0.4 is 10.6 Å². The van der Waals surface area contributed by atoms with Crippen molar-refractivity contribution in [3.05, 3.63) is 17.5 Å². The molecule has 0 unspecified atom stereocenters. The summed E-state index contributed by atoms with van der Waals surface area (Å²) in [5.74, 6) is 0.596. The van der Waals surface area contributed by atoms with Gasteiger partial charge in [0, 0.05) is 25.2 Å². The number of hydrogen-bond acceptors (Lipinski definition) is 3. The third kappa shape index (κ3) is 6.88. The molecule has 1 aromatic heterocycles. The predicted octanol–water partition coefficient (Wildman–Crippen LogP) is 2.49. The van der Waals surface area contributed by atoms with Crippen molar-refractivity contribution >= 4 is 11.8 Å². The number of carbonyl (C=O) groups is 2. The van der Waals surface area contributed by atoms with E-state index in [2.05, 4.69) is 20.8 Å². The number of carbonyl (C=O) groups excluding carboxylic acids is 2. The van der Waals surface area contributed by atoms with Crippen molar-refractivity contribution in [3.8, 4) is 0 Å². The average Bonchev–Trinajstić information content (AvgIpc) is 3.26. The molecule has 0 aromatic carbocycles. The van der Waals surface area contributed by atoms with Crippen molar-refractivity contribution < 1.29 is 9.59 Å². The molecule has 0 aliphatic heterocycles. The molecule has 2 rings (SSSR count). The Bertz CT molecular complexity index is 549. The van der Waals surface area contributed by atoms with Crippen molar-refractivity contribution in [2.45, 2.75) is 65.2 Å².